The minimum atomic E-state index is -4.85. The number of aromatic nitrogens is 2. The third-order valence-electron chi connectivity index (χ3n) is 4.25. The van der Waals surface area contributed by atoms with Crippen molar-refractivity contribution >= 4 is 35.1 Å². The van der Waals surface area contributed by atoms with E-state index in [4.69, 9.17) is 11.6 Å². The van der Waals surface area contributed by atoms with Crippen LogP contribution in [0.5, 0.6) is 0 Å². The summed E-state index contributed by atoms with van der Waals surface area (Å²) in [6.07, 6.45) is -3.53. The van der Waals surface area contributed by atoms with Crippen LogP contribution in [-0.4, -0.2) is 45.8 Å². The zero-order valence-electron chi connectivity index (χ0n) is 15.3. The zero-order chi connectivity index (χ0) is 21.2. The van der Waals surface area contributed by atoms with Gasteiger partial charge in [0.25, 0.3) is 5.91 Å². The van der Waals surface area contributed by atoms with Gasteiger partial charge in [0.1, 0.15) is 0 Å². The highest BCUT2D eigenvalue weighted by molar-refractivity contribution is 6.30. The van der Waals surface area contributed by atoms with Crippen molar-refractivity contribution in [2.24, 2.45) is 0 Å². The molecule has 1 aromatic carbocycles. The van der Waals surface area contributed by atoms with E-state index in [1.54, 1.807) is 18.2 Å². The molecule has 1 aliphatic rings. The van der Waals surface area contributed by atoms with Gasteiger partial charge in [-0.05, 0) is 24.6 Å². The Hall–Kier alpha value is -2.88. The summed E-state index contributed by atoms with van der Waals surface area (Å²) < 4.78 is 40.7. The molecule has 7 nitrogen and oxygen atoms in total. The molecular weight excluding hydrogens is 411 g/mol. The van der Waals surface area contributed by atoms with Gasteiger partial charge in [0.2, 0.25) is 11.9 Å². The largest absolute Gasteiger partial charge is 0.434 e. The number of nitrogens with one attached hydrogen (secondary N) is 2. The van der Waals surface area contributed by atoms with Crippen LogP contribution in [0.4, 0.5) is 24.8 Å². The molecule has 2 N–H and O–H groups in total. The Morgan fingerprint density at radius 1 is 1.31 bits per heavy atom. The van der Waals surface area contributed by atoms with Gasteiger partial charge in [-0.25, -0.2) is 9.97 Å². The van der Waals surface area contributed by atoms with Gasteiger partial charge in [-0.15, -0.1) is 0 Å². The molecule has 2 aromatic rings. The summed E-state index contributed by atoms with van der Waals surface area (Å²) in [6, 6.07) is 6.03. The number of alkyl halides is 3. The highest BCUT2D eigenvalue weighted by atomic mass is 35.5. The number of likely N-dealkylation sites (tertiary alicyclic amines) is 1. The Kier molecular flexibility index (Phi) is 5.92. The zero-order valence-corrected chi connectivity index (χ0v) is 16.0. The number of nitrogens with zero attached hydrogens (tertiary/aromatic N) is 3. The maximum absolute atomic E-state index is 13.6. The molecule has 3 rings (SSSR count). The molecule has 2 heterocycles. The molecule has 0 aliphatic carbocycles. The van der Waals surface area contributed by atoms with Crippen LogP contribution in [-0.2, 0) is 11.0 Å². The first-order chi connectivity index (χ1) is 13.6. The highest BCUT2D eigenvalue weighted by Gasteiger charge is 2.40. The Morgan fingerprint density at radius 2 is 2.07 bits per heavy atom. The number of hydrogen-bond acceptors (Lipinski definition) is 5. The van der Waals surface area contributed by atoms with Crippen molar-refractivity contribution in [2.45, 2.75) is 25.6 Å². The molecule has 0 spiro atoms. The predicted octanol–water partition coefficient (Wildman–Crippen LogP) is 3.24. The minimum absolute atomic E-state index is 0.123. The molecule has 1 saturated heterocycles. The quantitative estimate of drug-likeness (QED) is 0.782. The van der Waals surface area contributed by atoms with Gasteiger partial charge in [0, 0.05) is 43.0 Å². The first-order valence-electron chi connectivity index (χ1n) is 8.66. The van der Waals surface area contributed by atoms with Gasteiger partial charge >= 0.3 is 6.18 Å². The van der Waals surface area contributed by atoms with Crippen LogP contribution in [0.2, 0.25) is 5.02 Å². The van der Waals surface area contributed by atoms with Crippen LogP contribution in [0.1, 0.15) is 29.4 Å². The monoisotopic (exact) mass is 427 g/mol. The van der Waals surface area contributed by atoms with Crippen LogP contribution in [0.15, 0.2) is 30.5 Å². The number of rotatable bonds is 4. The Labute approximate surface area is 169 Å². The van der Waals surface area contributed by atoms with Crippen LogP contribution in [0.25, 0.3) is 0 Å². The lowest BCUT2D eigenvalue weighted by molar-refractivity contribution is -0.141. The van der Waals surface area contributed by atoms with Crippen LogP contribution in [0.3, 0.4) is 0 Å². The smallest absolute Gasteiger partial charge is 0.352 e. The first-order valence-corrected chi connectivity index (χ1v) is 9.04. The van der Waals surface area contributed by atoms with Gasteiger partial charge < -0.3 is 15.5 Å². The van der Waals surface area contributed by atoms with Crippen molar-refractivity contribution in [1.82, 2.24) is 20.2 Å². The Bertz CT molecular complexity index is 938. The van der Waals surface area contributed by atoms with Gasteiger partial charge in [-0.1, -0.05) is 17.7 Å². The normalized spacial score (nSPS) is 16.6. The predicted molar refractivity (Wildman–Crippen MR) is 99.9 cm³/mol. The molecule has 154 valence electrons. The molecule has 0 saturated carbocycles. The number of carbonyl (C=O) groups is 2. The summed E-state index contributed by atoms with van der Waals surface area (Å²) in [7, 11) is 0. The molecule has 2 amide bonds. The molecule has 11 heteroatoms. The molecule has 1 atom stereocenters. The van der Waals surface area contributed by atoms with E-state index in [0.717, 1.165) is 6.20 Å². The average Bonchev–Trinajstić information content (AvgIpc) is 3.08. The van der Waals surface area contributed by atoms with Gasteiger partial charge in [0.15, 0.2) is 5.69 Å². The fourth-order valence-electron chi connectivity index (χ4n) is 3.03. The molecule has 1 aliphatic heterocycles. The van der Waals surface area contributed by atoms with Gasteiger partial charge in [0.05, 0.1) is 5.56 Å². The summed E-state index contributed by atoms with van der Waals surface area (Å²) in [4.78, 5) is 32.4. The van der Waals surface area contributed by atoms with Gasteiger partial charge in [-0.2, -0.15) is 13.2 Å². The van der Waals surface area contributed by atoms with Crippen molar-refractivity contribution in [3.05, 3.63) is 46.7 Å². The molecule has 1 fully saturated rings. The van der Waals surface area contributed by atoms with E-state index in [0.29, 0.717) is 17.1 Å². The van der Waals surface area contributed by atoms with E-state index in [1.807, 2.05) is 0 Å². The van der Waals surface area contributed by atoms with Crippen LogP contribution < -0.4 is 10.6 Å². The van der Waals surface area contributed by atoms with Crippen LogP contribution >= 0.6 is 11.6 Å². The maximum Gasteiger partial charge on any atom is 0.434 e. The summed E-state index contributed by atoms with van der Waals surface area (Å²) in [5, 5.41) is 5.69. The van der Waals surface area contributed by atoms with E-state index in [-0.39, 0.29) is 31.0 Å². The summed E-state index contributed by atoms with van der Waals surface area (Å²) in [5.41, 5.74) is -1.56. The third-order valence-corrected chi connectivity index (χ3v) is 4.49. The Morgan fingerprint density at radius 3 is 2.72 bits per heavy atom. The number of amides is 2. The summed E-state index contributed by atoms with van der Waals surface area (Å²) in [6.45, 7) is 1.69. The number of carbonyl (C=O) groups excluding carboxylic acids is 2. The molecule has 1 aromatic heterocycles. The molecule has 0 bridgehead atoms. The van der Waals surface area contributed by atoms with E-state index in [9.17, 15) is 22.8 Å². The van der Waals surface area contributed by atoms with E-state index in [2.05, 4.69) is 20.6 Å². The topological polar surface area (TPSA) is 87.2 Å². The fraction of sp³-hybridized carbons (Fsp3) is 0.333. The summed E-state index contributed by atoms with van der Waals surface area (Å²) >= 11 is 5.86. The van der Waals surface area contributed by atoms with Crippen molar-refractivity contribution in [2.75, 3.05) is 18.4 Å². The SMILES string of the molecule is CC(=O)NC1CCN(C(=O)c2cnc(Nc3cccc(Cl)c3)nc2C(F)(F)F)C1. The Balaban J connectivity index is 1.85. The second-order valence-electron chi connectivity index (χ2n) is 6.53. The number of anilines is 2. The van der Waals surface area contributed by atoms with E-state index < -0.39 is 23.3 Å². The fourth-order valence-corrected chi connectivity index (χ4v) is 3.22. The molecule has 1 unspecified atom stereocenters. The number of halogens is 4. The van der Waals surface area contributed by atoms with Crippen molar-refractivity contribution < 1.29 is 22.8 Å². The molecule has 29 heavy (non-hydrogen) atoms. The lowest BCUT2D eigenvalue weighted by Crippen LogP contribution is -2.38. The molecule has 0 radical (unpaired) electrons. The average molecular weight is 428 g/mol. The third kappa shape index (κ3) is 5.14. The lowest BCUT2D eigenvalue weighted by Gasteiger charge is -2.19. The first kappa shape index (κ1) is 20.8. The highest BCUT2D eigenvalue weighted by Crippen LogP contribution is 2.32. The van der Waals surface area contributed by atoms with Crippen molar-refractivity contribution in [3.63, 3.8) is 0 Å². The molecular formula is C18H17ClF3N5O2. The van der Waals surface area contributed by atoms with E-state index in [1.165, 1.54) is 17.9 Å². The number of hydrogen-bond donors (Lipinski definition) is 2. The number of benzene rings is 1. The minimum Gasteiger partial charge on any atom is -0.352 e. The lowest BCUT2D eigenvalue weighted by atomic mass is 10.2. The van der Waals surface area contributed by atoms with Crippen molar-refractivity contribution in [1.29, 1.82) is 0 Å². The van der Waals surface area contributed by atoms with E-state index >= 15 is 0 Å². The second-order valence-corrected chi connectivity index (χ2v) is 6.96. The maximum atomic E-state index is 13.6. The summed E-state index contributed by atoms with van der Waals surface area (Å²) in [5.74, 6) is -1.41. The van der Waals surface area contributed by atoms with Gasteiger partial charge in [-0.3, -0.25) is 9.59 Å². The van der Waals surface area contributed by atoms with Crippen molar-refractivity contribution in [3.8, 4) is 0 Å². The second kappa shape index (κ2) is 8.24. The van der Waals surface area contributed by atoms with Crippen LogP contribution in [0, 0.1) is 0 Å². The standard InChI is InChI=1S/C18H17ClF3N5O2/c1-10(28)24-13-5-6-27(9-13)16(29)14-8-23-17(26-15(14)18(20,21)22)25-12-4-2-3-11(19)7-12/h2-4,7-8,13H,5-6,9H2,1H3,(H,24,28)(H,23,25,26).